The summed E-state index contributed by atoms with van der Waals surface area (Å²) in [6.45, 7) is 0.490. The smallest absolute Gasteiger partial charge is 0.395 e. The van der Waals surface area contributed by atoms with E-state index in [-0.39, 0.29) is 18.8 Å². The summed E-state index contributed by atoms with van der Waals surface area (Å²) in [5.74, 6) is -1.20. The lowest BCUT2D eigenvalue weighted by Gasteiger charge is -2.00. The molecule has 0 saturated heterocycles. The molecule has 16 heavy (non-hydrogen) atoms. The third kappa shape index (κ3) is 3.08. The van der Waals surface area contributed by atoms with E-state index >= 15 is 0 Å². The summed E-state index contributed by atoms with van der Waals surface area (Å²) in [6.07, 6.45) is 0.504. The van der Waals surface area contributed by atoms with Crippen LogP contribution in [0.5, 0.6) is 0 Å². The second-order valence-electron chi connectivity index (χ2n) is 2.72. The van der Waals surface area contributed by atoms with Gasteiger partial charge < -0.3 is 15.1 Å². The average molecular weight is 227 g/mol. The van der Waals surface area contributed by atoms with E-state index in [1.807, 2.05) is 0 Å². The highest BCUT2D eigenvalue weighted by molar-refractivity contribution is 5.91. The third-order valence-electron chi connectivity index (χ3n) is 1.63. The van der Waals surface area contributed by atoms with E-state index in [2.05, 4.69) is 15.1 Å². The van der Waals surface area contributed by atoms with Crippen molar-refractivity contribution in [3.8, 4) is 0 Å². The largest absolute Gasteiger partial charge is 0.433 e. The predicted octanol–water partition coefficient (Wildman–Crippen LogP) is -0.336. The van der Waals surface area contributed by atoms with E-state index < -0.39 is 16.7 Å². The topological polar surface area (TPSA) is 114 Å². The Labute approximate surface area is 89.8 Å². The summed E-state index contributed by atoms with van der Waals surface area (Å²) in [6, 6.07) is 2.30. The lowest BCUT2D eigenvalue weighted by molar-refractivity contribution is -0.402. The molecule has 1 heterocycles. The Balaban J connectivity index is 2.46. The van der Waals surface area contributed by atoms with Gasteiger partial charge in [0, 0.05) is 13.1 Å². The molecule has 0 unspecified atom stereocenters. The van der Waals surface area contributed by atoms with Crippen molar-refractivity contribution in [2.75, 3.05) is 13.1 Å². The number of amides is 2. The number of nitrogens with one attached hydrogen (secondary N) is 2. The maximum Gasteiger partial charge on any atom is 0.433 e. The van der Waals surface area contributed by atoms with Crippen molar-refractivity contribution in [3.05, 3.63) is 28.0 Å². The van der Waals surface area contributed by atoms with Crippen molar-refractivity contribution < 1.29 is 18.9 Å². The second-order valence-corrected chi connectivity index (χ2v) is 2.72. The van der Waals surface area contributed by atoms with Crippen LogP contribution in [0.1, 0.15) is 10.6 Å². The van der Waals surface area contributed by atoms with Crippen LogP contribution in [0.2, 0.25) is 0 Å². The van der Waals surface area contributed by atoms with Crippen molar-refractivity contribution in [1.82, 2.24) is 10.6 Å². The van der Waals surface area contributed by atoms with Crippen molar-refractivity contribution in [1.29, 1.82) is 0 Å². The first-order valence-electron chi connectivity index (χ1n) is 4.34. The third-order valence-corrected chi connectivity index (χ3v) is 1.63. The molecule has 0 aliphatic rings. The van der Waals surface area contributed by atoms with Crippen LogP contribution >= 0.6 is 0 Å². The normalized spacial score (nSPS) is 9.50. The first-order valence-corrected chi connectivity index (χ1v) is 4.34. The van der Waals surface area contributed by atoms with Gasteiger partial charge >= 0.3 is 5.88 Å². The van der Waals surface area contributed by atoms with E-state index in [0.29, 0.717) is 6.41 Å². The molecule has 2 amide bonds. The van der Waals surface area contributed by atoms with Gasteiger partial charge in [0.25, 0.3) is 5.91 Å². The molecule has 0 atom stereocenters. The van der Waals surface area contributed by atoms with Gasteiger partial charge in [0.05, 0.1) is 6.07 Å². The summed E-state index contributed by atoms with van der Waals surface area (Å²) < 4.78 is 4.66. The minimum atomic E-state index is -0.731. The number of furan rings is 1. The van der Waals surface area contributed by atoms with Crippen LogP contribution in [-0.2, 0) is 4.79 Å². The van der Waals surface area contributed by atoms with Crippen molar-refractivity contribution >= 4 is 18.2 Å². The maximum absolute atomic E-state index is 11.3. The minimum absolute atomic E-state index is 0.141. The molecule has 1 rings (SSSR count). The molecular weight excluding hydrogens is 218 g/mol. The Morgan fingerprint density at radius 1 is 1.50 bits per heavy atom. The van der Waals surface area contributed by atoms with Gasteiger partial charge in [-0.1, -0.05) is 0 Å². The Hall–Kier alpha value is -2.38. The van der Waals surface area contributed by atoms with Crippen LogP contribution in [0.25, 0.3) is 0 Å². The standard InChI is InChI=1S/C8H9N3O5/c12-5-9-3-4-10-8(13)6-1-2-7(16-6)11(14)15/h1-2,5H,3-4H2,(H,9,12)(H,10,13). The number of carbonyl (C=O) groups excluding carboxylic acids is 2. The van der Waals surface area contributed by atoms with Crippen molar-refractivity contribution in [2.45, 2.75) is 0 Å². The molecule has 0 bridgehead atoms. The fraction of sp³-hybridized carbons (Fsp3) is 0.250. The van der Waals surface area contributed by atoms with Crippen LogP contribution < -0.4 is 10.6 Å². The number of nitro groups is 1. The first-order chi connectivity index (χ1) is 7.65. The Kier molecular flexibility index (Phi) is 4.01. The molecule has 86 valence electrons. The lowest BCUT2D eigenvalue weighted by atomic mass is 10.4. The zero-order valence-electron chi connectivity index (χ0n) is 8.13. The first kappa shape index (κ1) is 11.7. The summed E-state index contributed by atoms with van der Waals surface area (Å²) in [5, 5.41) is 15.0. The average Bonchev–Trinajstić information content (AvgIpc) is 2.73. The highest BCUT2D eigenvalue weighted by Gasteiger charge is 2.16. The van der Waals surface area contributed by atoms with Gasteiger partial charge in [0.1, 0.15) is 4.92 Å². The van der Waals surface area contributed by atoms with Gasteiger partial charge in [-0.3, -0.25) is 19.7 Å². The van der Waals surface area contributed by atoms with Gasteiger partial charge in [0.15, 0.2) is 5.76 Å². The number of hydrogen-bond donors (Lipinski definition) is 2. The van der Waals surface area contributed by atoms with Gasteiger partial charge in [-0.2, -0.15) is 0 Å². The lowest BCUT2D eigenvalue weighted by Crippen LogP contribution is -2.31. The van der Waals surface area contributed by atoms with Gasteiger partial charge in [-0.15, -0.1) is 0 Å². The molecule has 0 fully saturated rings. The molecule has 0 saturated carbocycles. The van der Waals surface area contributed by atoms with Crippen molar-refractivity contribution in [3.63, 3.8) is 0 Å². The van der Waals surface area contributed by atoms with Crippen LogP contribution in [0.15, 0.2) is 16.5 Å². The van der Waals surface area contributed by atoms with E-state index in [9.17, 15) is 19.7 Å². The molecule has 0 aliphatic heterocycles. The maximum atomic E-state index is 11.3. The molecule has 1 aromatic rings. The molecular formula is C8H9N3O5. The Bertz CT molecular complexity index is 400. The molecule has 8 nitrogen and oxygen atoms in total. The molecule has 0 radical (unpaired) electrons. The molecule has 2 N–H and O–H groups in total. The Morgan fingerprint density at radius 3 is 2.81 bits per heavy atom. The van der Waals surface area contributed by atoms with Crippen LogP contribution in [0.4, 0.5) is 5.88 Å². The van der Waals surface area contributed by atoms with E-state index in [1.165, 1.54) is 6.07 Å². The monoisotopic (exact) mass is 227 g/mol. The van der Waals surface area contributed by atoms with Gasteiger partial charge in [0.2, 0.25) is 6.41 Å². The summed E-state index contributed by atoms with van der Waals surface area (Å²) in [4.78, 5) is 30.7. The SMILES string of the molecule is O=CNCCNC(=O)c1ccc([N+](=O)[O-])o1. The number of rotatable bonds is 6. The number of hydrogen-bond acceptors (Lipinski definition) is 5. The van der Waals surface area contributed by atoms with Crippen LogP contribution in [0, 0.1) is 10.1 Å². The van der Waals surface area contributed by atoms with E-state index in [1.54, 1.807) is 0 Å². The summed E-state index contributed by atoms with van der Waals surface area (Å²) >= 11 is 0. The molecule has 0 aliphatic carbocycles. The zero-order chi connectivity index (χ0) is 12.0. The second kappa shape index (κ2) is 5.49. The molecule has 0 spiro atoms. The minimum Gasteiger partial charge on any atom is -0.395 e. The van der Waals surface area contributed by atoms with Crippen molar-refractivity contribution in [2.24, 2.45) is 0 Å². The fourth-order valence-corrected chi connectivity index (χ4v) is 0.942. The molecule has 1 aromatic heterocycles. The number of carbonyl (C=O) groups is 2. The van der Waals surface area contributed by atoms with E-state index in [4.69, 9.17) is 0 Å². The summed E-state index contributed by atoms with van der Waals surface area (Å²) in [7, 11) is 0. The quantitative estimate of drug-likeness (QED) is 0.298. The van der Waals surface area contributed by atoms with E-state index in [0.717, 1.165) is 6.07 Å². The predicted molar refractivity (Wildman–Crippen MR) is 51.8 cm³/mol. The summed E-state index contributed by atoms with van der Waals surface area (Å²) in [5.41, 5.74) is 0. The highest BCUT2D eigenvalue weighted by atomic mass is 16.6. The molecule has 8 heteroatoms. The fourth-order valence-electron chi connectivity index (χ4n) is 0.942. The van der Waals surface area contributed by atoms with Crippen LogP contribution in [-0.4, -0.2) is 30.3 Å². The van der Waals surface area contributed by atoms with Crippen LogP contribution in [0.3, 0.4) is 0 Å². The highest BCUT2D eigenvalue weighted by Crippen LogP contribution is 2.14. The Morgan fingerprint density at radius 2 is 2.25 bits per heavy atom. The van der Waals surface area contributed by atoms with Gasteiger partial charge in [-0.25, -0.2) is 0 Å². The zero-order valence-corrected chi connectivity index (χ0v) is 8.13. The molecule has 0 aromatic carbocycles. The number of nitrogens with zero attached hydrogens (tertiary/aromatic N) is 1. The van der Waals surface area contributed by atoms with Gasteiger partial charge in [-0.05, 0) is 6.07 Å².